The van der Waals surface area contributed by atoms with Crippen molar-refractivity contribution < 1.29 is 23.2 Å². The molecule has 6 nitrogen and oxygen atoms in total. The molecule has 1 aromatic carbocycles. The molecule has 0 saturated carbocycles. The number of benzene rings is 1. The summed E-state index contributed by atoms with van der Waals surface area (Å²) < 4.78 is 26.1. The van der Waals surface area contributed by atoms with Crippen LogP contribution in [0.4, 0.5) is 19.3 Å². The average Bonchev–Trinajstić information content (AvgIpc) is 2.79. The predicted octanol–water partition coefficient (Wildman–Crippen LogP) is 3.18. The van der Waals surface area contributed by atoms with Gasteiger partial charge in [0.05, 0.1) is 0 Å². The minimum atomic E-state index is -1.10. The smallest absolute Gasteiger partial charge is 0.324 e. The molecule has 1 fully saturated rings. The fourth-order valence-corrected chi connectivity index (χ4v) is 2.88. The molecule has 0 bridgehead atoms. The van der Waals surface area contributed by atoms with Crippen LogP contribution in [0.1, 0.15) is 46.0 Å². The highest BCUT2D eigenvalue weighted by molar-refractivity contribution is 6.09. The number of halogens is 2. The predicted molar refractivity (Wildman–Crippen MR) is 92.4 cm³/mol. The van der Waals surface area contributed by atoms with Crippen molar-refractivity contribution in [2.75, 3.05) is 11.9 Å². The number of unbranched alkanes of at least 4 members (excludes halogenated alkanes) is 3. The van der Waals surface area contributed by atoms with Gasteiger partial charge in [-0.25, -0.2) is 13.6 Å². The Labute approximate surface area is 150 Å². The average molecular weight is 367 g/mol. The number of carbonyl (C=O) groups excluding carboxylic acids is 3. The molecule has 1 aliphatic rings. The van der Waals surface area contributed by atoms with Crippen molar-refractivity contribution in [3.05, 3.63) is 29.8 Å². The molecule has 0 aromatic heterocycles. The summed E-state index contributed by atoms with van der Waals surface area (Å²) in [4.78, 5) is 37.5. The lowest BCUT2D eigenvalue weighted by Crippen LogP contribution is -2.44. The maximum absolute atomic E-state index is 13.2. The second kappa shape index (κ2) is 8.25. The molecule has 1 saturated heterocycles. The summed E-state index contributed by atoms with van der Waals surface area (Å²) in [6.45, 7) is 3.23. The van der Waals surface area contributed by atoms with E-state index in [0.717, 1.165) is 42.7 Å². The van der Waals surface area contributed by atoms with E-state index in [9.17, 15) is 23.2 Å². The largest absolute Gasteiger partial charge is 0.325 e. The van der Waals surface area contributed by atoms with Crippen molar-refractivity contribution in [3.63, 3.8) is 0 Å². The number of nitrogens with zero attached hydrogens (tertiary/aromatic N) is 1. The lowest BCUT2D eigenvalue weighted by Gasteiger charge is -2.21. The number of urea groups is 1. The van der Waals surface area contributed by atoms with Crippen molar-refractivity contribution in [1.29, 1.82) is 0 Å². The number of anilines is 1. The zero-order valence-corrected chi connectivity index (χ0v) is 14.9. The molecule has 0 radical (unpaired) electrons. The van der Waals surface area contributed by atoms with Gasteiger partial charge in [0.2, 0.25) is 5.91 Å². The van der Waals surface area contributed by atoms with Gasteiger partial charge in [-0.2, -0.15) is 0 Å². The van der Waals surface area contributed by atoms with E-state index < -0.39 is 41.6 Å². The molecule has 1 aliphatic heterocycles. The molecule has 1 unspecified atom stereocenters. The molecule has 26 heavy (non-hydrogen) atoms. The summed E-state index contributed by atoms with van der Waals surface area (Å²) in [7, 11) is 0. The van der Waals surface area contributed by atoms with E-state index in [1.54, 1.807) is 6.92 Å². The Bertz CT molecular complexity index is 711. The summed E-state index contributed by atoms with van der Waals surface area (Å²) in [5.41, 5.74) is -0.976. The van der Waals surface area contributed by atoms with E-state index in [-0.39, 0.29) is 5.69 Å². The third-order valence-corrected chi connectivity index (χ3v) is 4.38. The van der Waals surface area contributed by atoms with Crippen molar-refractivity contribution >= 4 is 23.5 Å². The Morgan fingerprint density at radius 3 is 2.58 bits per heavy atom. The van der Waals surface area contributed by atoms with E-state index in [4.69, 9.17) is 0 Å². The third kappa shape index (κ3) is 4.56. The summed E-state index contributed by atoms with van der Waals surface area (Å²) in [5, 5.41) is 4.99. The molecule has 142 valence electrons. The quantitative estimate of drug-likeness (QED) is 0.547. The Kier molecular flexibility index (Phi) is 6.28. The Morgan fingerprint density at radius 2 is 1.92 bits per heavy atom. The summed E-state index contributed by atoms with van der Waals surface area (Å²) in [6.07, 6.45) is 4.38. The van der Waals surface area contributed by atoms with Crippen LogP contribution in [0.2, 0.25) is 0 Å². The summed E-state index contributed by atoms with van der Waals surface area (Å²) in [6, 6.07) is 2.27. The SMILES string of the molecule is CCCCCCC1(C)NC(=O)N(CC(=O)Nc2ccc(F)c(F)c2)C1=O. The van der Waals surface area contributed by atoms with Gasteiger partial charge in [-0.1, -0.05) is 32.6 Å². The minimum absolute atomic E-state index is 0.0447. The van der Waals surface area contributed by atoms with Crippen LogP contribution in [0.5, 0.6) is 0 Å². The van der Waals surface area contributed by atoms with Gasteiger partial charge in [-0.3, -0.25) is 14.5 Å². The van der Waals surface area contributed by atoms with Crippen LogP contribution in [0.3, 0.4) is 0 Å². The first-order valence-electron chi connectivity index (χ1n) is 8.66. The normalized spacial score (nSPS) is 19.6. The Morgan fingerprint density at radius 1 is 1.19 bits per heavy atom. The molecule has 1 atom stereocenters. The highest BCUT2D eigenvalue weighted by Gasteiger charge is 2.47. The van der Waals surface area contributed by atoms with Crippen LogP contribution < -0.4 is 10.6 Å². The number of rotatable bonds is 8. The first-order chi connectivity index (χ1) is 12.3. The van der Waals surface area contributed by atoms with E-state index in [2.05, 4.69) is 17.6 Å². The van der Waals surface area contributed by atoms with E-state index in [1.807, 2.05) is 0 Å². The fraction of sp³-hybridized carbons (Fsp3) is 0.500. The molecule has 8 heteroatoms. The third-order valence-electron chi connectivity index (χ3n) is 4.38. The van der Waals surface area contributed by atoms with Gasteiger partial charge in [0.15, 0.2) is 11.6 Å². The number of imide groups is 1. The molecule has 2 N–H and O–H groups in total. The maximum Gasteiger partial charge on any atom is 0.325 e. The number of hydrogen-bond donors (Lipinski definition) is 2. The monoisotopic (exact) mass is 367 g/mol. The van der Waals surface area contributed by atoms with Gasteiger partial charge in [0, 0.05) is 11.8 Å². The van der Waals surface area contributed by atoms with Crippen LogP contribution in [-0.4, -0.2) is 34.8 Å². The molecular weight excluding hydrogens is 344 g/mol. The second-order valence-electron chi connectivity index (χ2n) is 6.64. The van der Waals surface area contributed by atoms with Gasteiger partial charge < -0.3 is 10.6 Å². The first kappa shape index (κ1) is 19.8. The molecule has 2 rings (SSSR count). The Balaban J connectivity index is 1.95. The lowest BCUT2D eigenvalue weighted by molar-refractivity contribution is -0.133. The zero-order valence-electron chi connectivity index (χ0n) is 14.9. The standard InChI is InChI=1S/C18H23F2N3O3/c1-3-4-5-6-9-18(2)16(25)23(17(26)22-18)11-15(24)21-12-7-8-13(19)14(20)10-12/h7-8,10H,3-6,9,11H2,1-2H3,(H,21,24)(H,22,26). The molecular formula is C18H23F2N3O3. The van der Waals surface area contributed by atoms with Crippen molar-refractivity contribution in [3.8, 4) is 0 Å². The highest BCUT2D eigenvalue weighted by Crippen LogP contribution is 2.24. The summed E-state index contributed by atoms with van der Waals surface area (Å²) in [5.74, 6) is -3.26. The van der Waals surface area contributed by atoms with Gasteiger partial charge in [-0.15, -0.1) is 0 Å². The van der Waals surface area contributed by atoms with Crippen LogP contribution in [0.25, 0.3) is 0 Å². The van der Waals surface area contributed by atoms with Crippen LogP contribution in [0.15, 0.2) is 18.2 Å². The number of carbonyl (C=O) groups is 3. The van der Waals surface area contributed by atoms with Crippen LogP contribution in [0, 0.1) is 11.6 Å². The number of nitrogens with one attached hydrogen (secondary N) is 2. The van der Waals surface area contributed by atoms with Crippen LogP contribution >= 0.6 is 0 Å². The molecule has 0 spiro atoms. The van der Waals surface area contributed by atoms with Crippen LogP contribution in [-0.2, 0) is 9.59 Å². The van der Waals surface area contributed by atoms with Crippen molar-refractivity contribution in [2.24, 2.45) is 0 Å². The topological polar surface area (TPSA) is 78.5 Å². The van der Waals surface area contributed by atoms with E-state index in [0.29, 0.717) is 6.42 Å². The number of hydrogen-bond acceptors (Lipinski definition) is 3. The van der Waals surface area contributed by atoms with E-state index in [1.165, 1.54) is 6.07 Å². The molecule has 1 aromatic rings. The minimum Gasteiger partial charge on any atom is -0.324 e. The van der Waals surface area contributed by atoms with Gasteiger partial charge in [0.1, 0.15) is 12.1 Å². The maximum atomic E-state index is 13.2. The lowest BCUT2D eigenvalue weighted by atomic mass is 9.94. The summed E-state index contributed by atoms with van der Waals surface area (Å²) >= 11 is 0. The number of amides is 4. The first-order valence-corrected chi connectivity index (χ1v) is 8.66. The fourth-order valence-electron chi connectivity index (χ4n) is 2.88. The van der Waals surface area contributed by atoms with Crippen molar-refractivity contribution in [1.82, 2.24) is 10.2 Å². The molecule has 4 amide bonds. The highest BCUT2D eigenvalue weighted by atomic mass is 19.2. The molecule has 0 aliphatic carbocycles. The van der Waals surface area contributed by atoms with Gasteiger partial charge in [-0.05, 0) is 25.5 Å². The van der Waals surface area contributed by atoms with Gasteiger partial charge >= 0.3 is 6.03 Å². The molecule has 1 heterocycles. The van der Waals surface area contributed by atoms with Gasteiger partial charge in [0.25, 0.3) is 5.91 Å². The zero-order chi connectivity index (χ0) is 19.3. The Hall–Kier alpha value is -2.51. The van der Waals surface area contributed by atoms with Crippen molar-refractivity contribution in [2.45, 2.75) is 51.5 Å². The second-order valence-corrected chi connectivity index (χ2v) is 6.64. The van der Waals surface area contributed by atoms with E-state index >= 15 is 0 Å².